The SMILES string of the molecule is Cc1ccc(NC(=O)CSc2nnc(COc3ccc(C)cc3)n2-c2ccc(C)cc2)cc1. The minimum absolute atomic E-state index is 0.0974. The largest absolute Gasteiger partial charge is 0.486 e. The molecule has 7 heteroatoms. The fourth-order valence-electron chi connectivity index (χ4n) is 3.19. The van der Waals surface area contributed by atoms with E-state index in [0.717, 1.165) is 28.3 Å². The molecule has 0 radical (unpaired) electrons. The Labute approximate surface area is 198 Å². The Bertz CT molecular complexity index is 1220. The van der Waals surface area contributed by atoms with E-state index >= 15 is 0 Å². The molecule has 0 aliphatic heterocycles. The van der Waals surface area contributed by atoms with Gasteiger partial charge in [0.1, 0.15) is 12.4 Å². The number of benzene rings is 3. The topological polar surface area (TPSA) is 69.0 Å². The molecule has 0 saturated carbocycles. The molecular weight excluding hydrogens is 432 g/mol. The number of thioether (sulfide) groups is 1. The normalized spacial score (nSPS) is 10.8. The van der Waals surface area contributed by atoms with Gasteiger partial charge in [0.15, 0.2) is 11.0 Å². The van der Waals surface area contributed by atoms with Gasteiger partial charge in [-0.05, 0) is 57.2 Å². The van der Waals surface area contributed by atoms with Gasteiger partial charge in [0.05, 0.1) is 5.75 Å². The monoisotopic (exact) mass is 458 g/mol. The molecule has 0 unspecified atom stereocenters. The van der Waals surface area contributed by atoms with Gasteiger partial charge in [-0.3, -0.25) is 9.36 Å². The highest BCUT2D eigenvalue weighted by Gasteiger charge is 2.17. The van der Waals surface area contributed by atoms with E-state index in [4.69, 9.17) is 4.74 Å². The number of nitrogens with one attached hydrogen (secondary N) is 1. The molecule has 4 aromatic rings. The summed E-state index contributed by atoms with van der Waals surface area (Å²) >= 11 is 1.34. The zero-order chi connectivity index (χ0) is 23.2. The van der Waals surface area contributed by atoms with Crippen molar-refractivity contribution in [1.29, 1.82) is 0 Å². The smallest absolute Gasteiger partial charge is 0.234 e. The van der Waals surface area contributed by atoms with Gasteiger partial charge in [0, 0.05) is 11.4 Å². The Morgan fingerprint density at radius 3 is 2.06 bits per heavy atom. The van der Waals surface area contributed by atoms with Crippen LogP contribution in [0.1, 0.15) is 22.5 Å². The van der Waals surface area contributed by atoms with Crippen LogP contribution in [0, 0.1) is 20.8 Å². The summed E-state index contributed by atoms with van der Waals surface area (Å²) in [6, 6.07) is 23.7. The molecule has 168 valence electrons. The molecule has 1 aromatic heterocycles. The summed E-state index contributed by atoms with van der Waals surface area (Å²) in [5.74, 6) is 1.56. The number of ether oxygens (including phenoxy) is 1. The zero-order valence-electron chi connectivity index (χ0n) is 18.9. The van der Waals surface area contributed by atoms with Gasteiger partial charge in [-0.25, -0.2) is 0 Å². The van der Waals surface area contributed by atoms with Crippen LogP contribution in [0.4, 0.5) is 5.69 Å². The van der Waals surface area contributed by atoms with Crippen LogP contribution in [0.2, 0.25) is 0 Å². The standard InChI is InChI=1S/C26H26N4O2S/c1-18-4-10-21(11-5-18)27-25(31)17-33-26-29-28-24(16-32-23-14-8-20(3)9-15-23)30(26)22-12-6-19(2)7-13-22/h4-15H,16-17H2,1-3H3,(H,27,31). The average Bonchev–Trinajstić information content (AvgIpc) is 3.22. The molecule has 0 aliphatic carbocycles. The van der Waals surface area contributed by atoms with Gasteiger partial charge in [0.2, 0.25) is 5.91 Å². The Morgan fingerprint density at radius 2 is 1.42 bits per heavy atom. The van der Waals surface area contributed by atoms with Crippen molar-refractivity contribution in [2.75, 3.05) is 11.1 Å². The second kappa shape index (κ2) is 10.4. The maximum atomic E-state index is 12.5. The van der Waals surface area contributed by atoms with Crippen molar-refractivity contribution in [3.05, 3.63) is 95.3 Å². The summed E-state index contributed by atoms with van der Waals surface area (Å²) < 4.78 is 7.89. The summed E-state index contributed by atoms with van der Waals surface area (Å²) in [4.78, 5) is 12.5. The third kappa shape index (κ3) is 6.02. The molecule has 0 fully saturated rings. The van der Waals surface area contributed by atoms with E-state index < -0.39 is 0 Å². The minimum Gasteiger partial charge on any atom is -0.486 e. The molecule has 0 spiro atoms. The second-order valence-electron chi connectivity index (χ2n) is 7.87. The molecule has 4 rings (SSSR count). The first-order chi connectivity index (χ1) is 16.0. The van der Waals surface area contributed by atoms with Gasteiger partial charge in [-0.1, -0.05) is 64.9 Å². The molecule has 33 heavy (non-hydrogen) atoms. The maximum Gasteiger partial charge on any atom is 0.234 e. The molecule has 0 bridgehead atoms. The van der Waals surface area contributed by atoms with Crippen molar-refractivity contribution in [3.8, 4) is 11.4 Å². The van der Waals surface area contributed by atoms with Crippen molar-refractivity contribution < 1.29 is 9.53 Å². The number of hydrogen-bond donors (Lipinski definition) is 1. The number of hydrogen-bond acceptors (Lipinski definition) is 5. The lowest BCUT2D eigenvalue weighted by molar-refractivity contribution is -0.113. The Balaban J connectivity index is 1.50. The molecule has 0 saturated heterocycles. The fraction of sp³-hybridized carbons (Fsp3) is 0.192. The lowest BCUT2D eigenvalue weighted by Gasteiger charge is -2.12. The highest BCUT2D eigenvalue weighted by molar-refractivity contribution is 7.99. The molecule has 0 aliphatic rings. The first-order valence-corrected chi connectivity index (χ1v) is 11.7. The van der Waals surface area contributed by atoms with Crippen molar-refractivity contribution >= 4 is 23.4 Å². The number of amides is 1. The van der Waals surface area contributed by atoms with Crippen LogP contribution in [0.5, 0.6) is 5.75 Å². The number of aromatic nitrogens is 3. The van der Waals surface area contributed by atoms with E-state index in [1.807, 2.05) is 98.1 Å². The first-order valence-electron chi connectivity index (χ1n) is 10.7. The molecular formula is C26H26N4O2S. The molecule has 0 atom stereocenters. The average molecular weight is 459 g/mol. The van der Waals surface area contributed by atoms with Crippen LogP contribution < -0.4 is 10.1 Å². The van der Waals surface area contributed by atoms with Crippen molar-refractivity contribution in [2.24, 2.45) is 0 Å². The number of carbonyl (C=O) groups excluding carboxylic acids is 1. The van der Waals surface area contributed by atoms with E-state index in [2.05, 4.69) is 15.5 Å². The summed E-state index contributed by atoms with van der Waals surface area (Å²) in [7, 11) is 0. The Hall–Kier alpha value is -3.58. The summed E-state index contributed by atoms with van der Waals surface area (Å²) in [5, 5.41) is 12.3. The van der Waals surface area contributed by atoms with E-state index in [9.17, 15) is 4.79 Å². The van der Waals surface area contributed by atoms with Crippen LogP contribution in [-0.4, -0.2) is 26.4 Å². The van der Waals surface area contributed by atoms with Crippen LogP contribution >= 0.6 is 11.8 Å². The van der Waals surface area contributed by atoms with Gasteiger partial charge in [0.25, 0.3) is 0 Å². The van der Waals surface area contributed by atoms with Crippen molar-refractivity contribution in [1.82, 2.24) is 14.8 Å². The van der Waals surface area contributed by atoms with Crippen LogP contribution in [0.15, 0.2) is 78.0 Å². The number of aryl methyl sites for hydroxylation is 3. The van der Waals surface area contributed by atoms with E-state index in [-0.39, 0.29) is 18.3 Å². The summed E-state index contributed by atoms with van der Waals surface area (Å²) in [5.41, 5.74) is 5.19. The van der Waals surface area contributed by atoms with E-state index in [0.29, 0.717) is 11.0 Å². The van der Waals surface area contributed by atoms with Gasteiger partial charge in [-0.15, -0.1) is 10.2 Å². The highest BCUT2D eigenvalue weighted by atomic mass is 32.2. The molecule has 1 amide bonds. The number of rotatable bonds is 8. The Morgan fingerprint density at radius 1 is 0.848 bits per heavy atom. The summed E-state index contributed by atoms with van der Waals surface area (Å²) in [6.45, 7) is 6.36. The molecule has 1 heterocycles. The number of nitrogens with zero attached hydrogens (tertiary/aromatic N) is 3. The Kier molecular flexibility index (Phi) is 7.10. The molecule has 3 aromatic carbocycles. The number of anilines is 1. The van der Waals surface area contributed by atoms with Gasteiger partial charge >= 0.3 is 0 Å². The van der Waals surface area contributed by atoms with E-state index in [1.54, 1.807) is 0 Å². The molecule has 1 N–H and O–H groups in total. The third-order valence-electron chi connectivity index (χ3n) is 5.05. The van der Waals surface area contributed by atoms with E-state index in [1.165, 1.54) is 17.3 Å². The van der Waals surface area contributed by atoms with Crippen molar-refractivity contribution in [2.45, 2.75) is 32.5 Å². The third-order valence-corrected chi connectivity index (χ3v) is 5.98. The molecule has 6 nitrogen and oxygen atoms in total. The van der Waals surface area contributed by atoms with Crippen molar-refractivity contribution in [3.63, 3.8) is 0 Å². The fourth-order valence-corrected chi connectivity index (χ4v) is 3.96. The zero-order valence-corrected chi connectivity index (χ0v) is 19.7. The maximum absolute atomic E-state index is 12.5. The summed E-state index contributed by atoms with van der Waals surface area (Å²) in [6.07, 6.45) is 0. The lowest BCUT2D eigenvalue weighted by atomic mass is 10.2. The first kappa shape index (κ1) is 22.6. The second-order valence-corrected chi connectivity index (χ2v) is 8.82. The van der Waals surface area contributed by atoms with Gasteiger partial charge < -0.3 is 10.1 Å². The predicted octanol–water partition coefficient (Wildman–Crippen LogP) is 5.50. The number of carbonyl (C=O) groups is 1. The quantitative estimate of drug-likeness (QED) is 0.353. The van der Waals surface area contributed by atoms with Crippen LogP contribution in [0.3, 0.4) is 0 Å². The van der Waals surface area contributed by atoms with Gasteiger partial charge in [-0.2, -0.15) is 0 Å². The van der Waals surface area contributed by atoms with Crippen LogP contribution in [0.25, 0.3) is 5.69 Å². The van der Waals surface area contributed by atoms with Crippen LogP contribution in [-0.2, 0) is 11.4 Å². The highest BCUT2D eigenvalue weighted by Crippen LogP contribution is 2.24. The lowest BCUT2D eigenvalue weighted by Crippen LogP contribution is -2.14. The minimum atomic E-state index is -0.0974. The predicted molar refractivity (Wildman–Crippen MR) is 132 cm³/mol.